The van der Waals surface area contributed by atoms with Crippen molar-refractivity contribution in [2.24, 2.45) is 5.73 Å². The molecule has 0 heterocycles. The van der Waals surface area contributed by atoms with Crippen molar-refractivity contribution in [2.75, 3.05) is 0 Å². The summed E-state index contributed by atoms with van der Waals surface area (Å²) >= 11 is 0. The molecule has 0 aromatic carbocycles. The number of carbonyl (C=O) groups excluding carboxylic acids is 2. The summed E-state index contributed by atoms with van der Waals surface area (Å²) in [5, 5.41) is 2.33. The molecule has 2 amide bonds. The van der Waals surface area contributed by atoms with E-state index in [0.29, 0.717) is 0 Å². The van der Waals surface area contributed by atoms with Crippen molar-refractivity contribution in [1.82, 2.24) is 5.32 Å². The van der Waals surface area contributed by atoms with Gasteiger partial charge in [-0.3, -0.25) is 9.59 Å². The zero-order valence-corrected chi connectivity index (χ0v) is 5.26. The van der Waals surface area contributed by atoms with Crippen LogP contribution in [0.1, 0.15) is 6.92 Å². The van der Waals surface area contributed by atoms with E-state index >= 15 is 0 Å². The first-order valence-corrected chi connectivity index (χ1v) is 2.22. The highest BCUT2D eigenvalue weighted by Gasteiger charge is 1.75. The third kappa shape index (κ3) is 51.8. The SMILES string of the molecule is C=CNC(C)=O.NC=O. The molecule has 9 heavy (non-hydrogen) atoms. The summed E-state index contributed by atoms with van der Waals surface area (Å²) in [6.07, 6.45) is 1.60. The van der Waals surface area contributed by atoms with Gasteiger partial charge in [-0.2, -0.15) is 0 Å². The van der Waals surface area contributed by atoms with Gasteiger partial charge in [0.1, 0.15) is 0 Å². The number of amides is 2. The van der Waals surface area contributed by atoms with E-state index in [2.05, 4.69) is 17.6 Å². The zero-order valence-electron chi connectivity index (χ0n) is 5.26. The van der Waals surface area contributed by atoms with Crippen molar-refractivity contribution in [3.05, 3.63) is 12.8 Å². The monoisotopic (exact) mass is 130 g/mol. The molecule has 0 aliphatic rings. The molecule has 0 aliphatic carbocycles. The van der Waals surface area contributed by atoms with Gasteiger partial charge in [0.05, 0.1) is 0 Å². The van der Waals surface area contributed by atoms with Gasteiger partial charge < -0.3 is 11.1 Å². The topological polar surface area (TPSA) is 72.2 Å². The number of nitrogens with two attached hydrogens (primary N) is 1. The van der Waals surface area contributed by atoms with E-state index in [1.807, 2.05) is 0 Å². The second kappa shape index (κ2) is 9.84. The lowest BCUT2D eigenvalue weighted by molar-refractivity contribution is -0.118. The van der Waals surface area contributed by atoms with Crippen molar-refractivity contribution < 1.29 is 9.59 Å². The predicted octanol–water partition coefficient (Wildman–Crippen LogP) is -0.632. The normalized spacial score (nSPS) is 5.89. The fourth-order valence-electron chi connectivity index (χ4n) is 0.144. The highest BCUT2D eigenvalue weighted by molar-refractivity contribution is 5.73. The highest BCUT2D eigenvalue weighted by atomic mass is 16.1. The summed E-state index contributed by atoms with van der Waals surface area (Å²) in [6, 6.07) is 0. The van der Waals surface area contributed by atoms with E-state index in [1.54, 1.807) is 0 Å². The summed E-state index contributed by atoms with van der Waals surface area (Å²) < 4.78 is 0. The van der Waals surface area contributed by atoms with Gasteiger partial charge in [0.2, 0.25) is 12.3 Å². The summed E-state index contributed by atoms with van der Waals surface area (Å²) in [6.45, 7) is 4.70. The summed E-state index contributed by atoms with van der Waals surface area (Å²) in [5.74, 6) is -0.0787. The summed E-state index contributed by atoms with van der Waals surface area (Å²) in [7, 11) is 0. The van der Waals surface area contributed by atoms with Crippen LogP contribution in [0.5, 0.6) is 0 Å². The number of primary amides is 1. The van der Waals surface area contributed by atoms with E-state index in [-0.39, 0.29) is 12.3 Å². The van der Waals surface area contributed by atoms with Gasteiger partial charge in [-0.15, -0.1) is 0 Å². The van der Waals surface area contributed by atoms with Crippen molar-refractivity contribution in [3.63, 3.8) is 0 Å². The van der Waals surface area contributed by atoms with Gasteiger partial charge in [0, 0.05) is 6.92 Å². The van der Waals surface area contributed by atoms with Crippen LogP contribution in [0.3, 0.4) is 0 Å². The van der Waals surface area contributed by atoms with E-state index < -0.39 is 0 Å². The molecule has 4 nitrogen and oxygen atoms in total. The van der Waals surface area contributed by atoms with Crippen molar-refractivity contribution in [2.45, 2.75) is 6.92 Å². The Bertz CT molecular complexity index is 101. The number of hydrogen-bond donors (Lipinski definition) is 2. The average molecular weight is 130 g/mol. The molecule has 52 valence electrons. The number of carbonyl (C=O) groups is 2. The highest BCUT2D eigenvalue weighted by Crippen LogP contribution is 1.54. The van der Waals surface area contributed by atoms with E-state index in [0.717, 1.165) is 0 Å². The third-order valence-corrected chi connectivity index (χ3v) is 0.305. The maximum atomic E-state index is 9.86. The number of rotatable bonds is 1. The molecule has 0 aromatic heterocycles. The quantitative estimate of drug-likeness (QED) is 0.464. The fraction of sp³-hybridized carbons (Fsp3) is 0.200. The predicted molar refractivity (Wildman–Crippen MR) is 34.3 cm³/mol. The summed E-state index contributed by atoms with van der Waals surface area (Å²) in [4.78, 5) is 18.4. The minimum atomic E-state index is -0.0787. The lowest BCUT2D eigenvalue weighted by Crippen LogP contribution is -2.10. The van der Waals surface area contributed by atoms with Crippen molar-refractivity contribution in [3.8, 4) is 0 Å². The number of hydrogen-bond acceptors (Lipinski definition) is 2. The molecule has 0 aromatic rings. The van der Waals surface area contributed by atoms with Crippen LogP contribution in [0.15, 0.2) is 12.8 Å². The lowest BCUT2D eigenvalue weighted by Gasteiger charge is -1.83. The van der Waals surface area contributed by atoms with E-state index in [9.17, 15) is 4.79 Å². The minimum Gasteiger partial charge on any atom is -0.372 e. The van der Waals surface area contributed by atoms with Crippen LogP contribution in [-0.4, -0.2) is 12.3 Å². The van der Waals surface area contributed by atoms with E-state index in [1.165, 1.54) is 13.1 Å². The molecule has 0 rings (SSSR count). The van der Waals surface area contributed by atoms with Gasteiger partial charge in [-0.25, -0.2) is 0 Å². The first-order valence-electron chi connectivity index (χ1n) is 2.22. The minimum absolute atomic E-state index is 0.0787. The van der Waals surface area contributed by atoms with Crippen LogP contribution in [0.2, 0.25) is 0 Å². The molecule has 0 fully saturated rings. The molecule has 0 aliphatic heterocycles. The van der Waals surface area contributed by atoms with Crippen molar-refractivity contribution in [1.29, 1.82) is 0 Å². The fourth-order valence-corrected chi connectivity index (χ4v) is 0.144. The molecule has 0 saturated carbocycles. The van der Waals surface area contributed by atoms with Crippen LogP contribution in [0, 0.1) is 0 Å². The Kier molecular flexibility index (Phi) is 11.6. The Morgan fingerprint density at radius 1 is 1.78 bits per heavy atom. The van der Waals surface area contributed by atoms with E-state index in [4.69, 9.17) is 4.79 Å². The first-order chi connectivity index (χ1) is 4.18. The number of nitrogens with one attached hydrogen (secondary N) is 1. The molecule has 0 saturated heterocycles. The Labute approximate surface area is 53.7 Å². The van der Waals surface area contributed by atoms with Gasteiger partial charge in [0.15, 0.2) is 0 Å². The van der Waals surface area contributed by atoms with Gasteiger partial charge in [0.25, 0.3) is 0 Å². The van der Waals surface area contributed by atoms with Gasteiger partial charge in [-0.05, 0) is 6.20 Å². The maximum absolute atomic E-state index is 9.86. The Morgan fingerprint density at radius 2 is 2.11 bits per heavy atom. The summed E-state index contributed by atoms with van der Waals surface area (Å²) in [5.41, 5.74) is 4.17. The van der Waals surface area contributed by atoms with Gasteiger partial charge in [-0.1, -0.05) is 6.58 Å². The Balaban J connectivity index is 0. The van der Waals surface area contributed by atoms with Crippen LogP contribution >= 0.6 is 0 Å². The molecule has 3 N–H and O–H groups in total. The molecule has 0 unspecified atom stereocenters. The molecule has 0 spiro atoms. The first kappa shape index (κ1) is 10.6. The largest absolute Gasteiger partial charge is 0.372 e. The molecule has 4 heteroatoms. The standard InChI is InChI=1S/C4H7NO.CH3NO/c1-3-5-4(2)6;2-1-3/h3H,1H2,2H3,(H,5,6);1H,(H2,2,3). The zero-order chi connectivity index (χ0) is 7.70. The molecule has 0 radical (unpaired) electrons. The van der Waals surface area contributed by atoms with Crippen LogP contribution in [0.4, 0.5) is 0 Å². The second-order valence-electron chi connectivity index (χ2n) is 1.04. The molecular weight excluding hydrogens is 120 g/mol. The van der Waals surface area contributed by atoms with Crippen LogP contribution < -0.4 is 11.1 Å². The molecule has 0 atom stereocenters. The molecule has 0 bridgehead atoms. The smallest absolute Gasteiger partial charge is 0.220 e. The second-order valence-corrected chi connectivity index (χ2v) is 1.04. The average Bonchev–Trinajstić information content (AvgIpc) is 1.67. The van der Waals surface area contributed by atoms with Gasteiger partial charge >= 0.3 is 0 Å². The van der Waals surface area contributed by atoms with Crippen LogP contribution in [0.25, 0.3) is 0 Å². The molecular formula is C5H10N2O2. The third-order valence-electron chi connectivity index (χ3n) is 0.305. The maximum Gasteiger partial charge on any atom is 0.220 e. The van der Waals surface area contributed by atoms with Crippen molar-refractivity contribution >= 4 is 12.3 Å². The van der Waals surface area contributed by atoms with Crippen LogP contribution in [-0.2, 0) is 9.59 Å². The Hall–Kier alpha value is -1.32. The Morgan fingerprint density at radius 3 is 2.11 bits per heavy atom. The lowest BCUT2D eigenvalue weighted by atomic mass is 10.7.